The van der Waals surface area contributed by atoms with E-state index in [1.54, 1.807) is 22.7 Å². The van der Waals surface area contributed by atoms with E-state index in [4.69, 9.17) is 0 Å². The average molecular weight is 804 g/mol. The highest BCUT2D eigenvalue weighted by molar-refractivity contribution is 7.10. The van der Waals surface area contributed by atoms with Crippen LogP contribution in [-0.4, -0.2) is 108 Å². The summed E-state index contributed by atoms with van der Waals surface area (Å²) >= 11 is 3.56. The molecule has 7 fully saturated rings. The minimum atomic E-state index is 0.263. The lowest BCUT2D eigenvalue weighted by Crippen LogP contribution is -2.49. The molecule has 0 spiro atoms. The fraction of sp³-hybridized carbons (Fsp3) is 0.761. The molecule has 7 heterocycles. The van der Waals surface area contributed by atoms with Crippen molar-refractivity contribution in [3.05, 3.63) is 43.8 Å². The first kappa shape index (κ1) is 40.5. The Balaban J connectivity index is 0.000000168. The third-order valence-corrected chi connectivity index (χ3v) is 17.0. The van der Waals surface area contributed by atoms with Crippen LogP contribution < -0.4 is 5.32 Å². The van der Waals surface area contributed by atoms with Gasteiger partial charge in [-0.15, -0.1) is 22.7 Å². The second-order valence-electron chi connectivity index (χ2n) is 18.3. The van der Waals surface area contributed by atoms with Crippen molar-refractivity contribution < 1.29 is 14.4 Å². The van der Waals surface area contributed by atoms with Crippen LogP contribution in [0.25, 0.3) is 0 Å². The third kappa shape index (κ3) is 9.77. The molecule has 308 valence electrons. The van der Waals surface area contributed by atoms with Crippen molar-refractivity contribution in [3.8, 4) is 0 Å². The Kier molecular flexibility index (Phi) is 14.2. The minimum Gasteiger partial charge on any atom is -0.343 e. The Morgan fingerprint density at radius 1 is 0.554 bits per heavy atom. The summed E-state index contributed by atoms with van der Waals surface area (Å²) in [6.45, 7) is 9.10. The first-order valence-electron chi connectivity index (χ1n) is 23.0. The number of carbonyl (C=O) groups excluding carboxylic acids is 3. The summed E-state index contributed by atoms with van der Waals surface area (Å²) in [6.07, 6.45) is 24.4. The molecule has 5 saturated heterocycles. The minimum absolute atomic E-state index is 0.263. The SMILES string of the molecule is O=C(CCN1CCCCC1)N1CCC(c2cc(C(=O)N3CCCC4CCCCC43)cs2)CC1.O=C(c1csc(C2CCNCC2)c1)N1CCCC2CCCCC21. The Morgan fingerprint density at radius 2 is 1.05 bits per heavy atom. The number of fused-ring (bicyclic) bond motifs is 2. The predicted octanol–water partition coefficient (Wildman–Crippen LogP) is 9.13. The fourth-order valence-corrected chi connectivity index (χ4v) is 13.7. The zero-order valence-corrected chi connectivity index (χ0v) is 35.7. The van der Waals surface area contributed by atoms with E-state index in [1.807, 2.05) is 0 Å². The number of hydrogen-bond donors (Lipinski definition) is 1. The van der Waals surface area contributed by atoms with Crippen molar-refractivity contribution in [2.75, 3.05) is 58.9 Å². The summed E-state index contributed by atoms with van der Waals surface area (Å²) in [7, 11) is 0. The molecule has 2 aromatic rings. The van der Waals surface area contributed by atoms with Gasteiger partial charge in [-0.25, -0.2) is 0 Å². The van der Waals surface area contributed by atoms with E-state index in [0.29, 0.717) is 42.2 Å². The Labute approximate surface area is 345 Å². The molecule has 2 saturated carbocycles. The topological polar surface area (TPSA) is 76.2 Å². The zero-order chi connectivity index (χ0) is 38.3. The number of hydrogen-bond acceptors (Lipinski definition) is 7. The summed E-state index contributed by atoms with van der Waals surface area (Å²) in [5.41, 5.74) is 1.86. The van der Waals surface area contributed by atoms with Crippen LogP contribution in [-0.2, 0) is 4.79 Å². The van der Waals surface area contributed by atoms with Crippen molar-refractivity contribution in [2.45, 2.75) is 152 Å². The number of thiophene rings is 2. The number of amides is 3. The molecule has 0 radical (unpaired) electrons. The Morgan fingerprint density at radius 3 is 1.61 bits per heavy atom. The maximum Gasteiger partial charge on any atom is 0.254 e. The molecule has 5 aliphatic heterocycles. The molecule has 4 atom stereocenters. The highest BCUT2D eigenvalue weighted by Gasteiger charge is 2.38. The number of nitrogens with zero attached hydrogens (tertiary/aromatic N) is 4. The standard InChI is InChI=1S/C27H41N3O2S.C19H28N2OS/c31-26(12-16-28-13-4-1-5-14-28)29-17-10-22(11-18-29)25-19-23(20-33-25)27(32)30-15-6-8-21-7-2-3-9-24(21)30;22-19(21-11-3-5-14-4-1-2-6-17(14)21)16-12-18(23-13-16)15-7-9-20-10-8-15/h19-22,24H,1-18H2;12-15,17,20H,1-11H2. The van der Waals surface area contributed by atoms with E-state index in [2.05, 4.69) is 47.8 Å². The molecular weight excluding hydrogens is 735 g/mol. The van der Waals surface area contributed by atoms with Crippen molar-refractivity contribution in [3.63, 3.8) is 0 Å². The van der Waals surface area contributed by atoms with Gasteiger partial charge >= 0.3 is 0 Å². The quantitative estimate of drug-likeness (QED) is 0.303. The Bertz CT molecular complexity index is 1580. The fourth-order valence-electron chi connectivity index (χ4n) is 11.6. The molecule has 4 unspecified atom stereocenters. The molecule has 3 amide bonds. The van der Waals surface area contributed by atoms with Crippen molar-refractivity contribution in [1.29, 1.82) is 0 Å². The smallest absolute Gasteiger partial charge is 0.254 e. The molecule has 0 aromatic carbocycles. The summed E-state index contributed by atoms with van der Waals surface area (Å²) in [5.74, 6) is 3.54. The van der Waals surface area contributed by atoms with Crippen LogP contribution in [0.15, 0.2) is 22.9 Å². The number of nitrogens with one attached hydrogen (secondary N) is 1. The highest BCUT2D eigenvalue weighted by atomic mass is 32.1. The van der Waals surface area contributed by atoms with Crippen molar-refractivity contribution >= 4 is 40.4 Å². The first-order chi connectivity index (χ1) is 27.5. The summed E-state index contributed by atoms with van der Waals surface area (Å²) in [4.78, 5) is 50.9. The van der Waals surface area contributed by atoms with E-state index < -0.39 is 0 Å². The van der Waals surface area contributed by atoms with Crippen LogP contribution in [0.3, 0.4) is 0 Å². The van der Waals surface area contributed by atoms with Gasteiger partial charge in [-0.1, -0.05) is 32.1 Å². The summed E-state index contributed by atoms with van der Waals surface area (Å²) < 4.78 is 0. The first-order valence-corrected chi connectivity index (χ1v) is 24.8. The normalized spacial score (nSPS) is 28.2. The lowest BCUT2D eigenvalue weighted by atomic mass is 9.78. The van der Waals surface area contributed by atoms with Gasteiger partial charge in [0.1, 0.15) is 0 Å². The molecule has 8 nitrogen and oxygen atoms in total. The van der Waals surface area contributed by atoms with Crippen LogP contribution in [0, 0.1) is 11.8 Å². The van der Waals surface area contributed by atoms with Gasteiger partial charge in [0.25, 0.3) is 11.8 Å². The summed E-state index contributed by atoms with van der Waals surface area (Å²) in [5, 5.41) is 7.64. The average Bonchev–Trinajstić information content (AvgIpc) is 3.98. The number of rotatable bonds is 7. The van der Waals surface area contributed by atoms with E-state index in [1.165, 1.54) is 112 Å². The molecule has 1 N–H and O–H groups in total. The van der Waals surface area contributed by atoms with Gasteiger partial charge in [0.15, 0.2) is 0 Å². The maximum atomic E-state index is 13.4. The second kappa shape index (κ2) is 19.7. The largest absolute Gasteiger partial charge is 0.343 e. The molecule has 0 bridgehead atoms. The monoisotopic (exact) mass is 803 g/mol. The van der Waals surface area contributed by atoms with Gasteiger partial charge in [-0.2, -0.15) is 0 Å². The lowest BCUT2D eigenvalue weighted by Gasteiger charge is -2.44. The molecule has 2 aromatic heterocycles. The third-order valence-electron chi connectivity index (χ3n) is 14.8. The van der Waals surface area contributed by atoms with E-state index in [9.17, 15) is 14.4 Å². The van der Waals surface area contributed by atoms with E-state index in [-0.39, 0.29) is 5.91 Å². The van der Waals surface area contributed by atoms with Gasteiger partial charge in [0.2, 0.25) is 5.91 Å². The van der Waals surface area contributed by atoms with E-state index in [0.717, 1.165) is 101 Å². The van der Waals surface area contributed by atoms with Crippen LogP contribution in [0.5, 0.6) is 0 Å². The van der Waals surface area contributed by atoms with Crippen LogP contribution >= 0.6 is 22.7 Å². The van der Waals surface area contributed by atoms with Gasteiger partial charge < -0.3 is 24.9 Å². The number of likely N-dealkylation sites (tertiary alicyclic amines) is 4. The number of carbonyl (C=O) groups is 3. The predicted molar refractivity (Wildman–Crippen MR) is 229 cm³/mol. The molecular formula is C46H69N5O3S2. The second-order valence-corrected chi connectivity index (χ2v) is 20.2. The lowest BCUT2D eigenvalue weighted by molar-refractivity contribution is -0.132. The van der Waals surface area contributed by atoms with Crippen molar-refractivity contribution in [2.24, 2.45) is 11.8 Å². The Hall–Kier alpha value is -2.27. The molecule has 56 heavy (non-hydrogen) atoms. The highest BCUT2D eigenvalue weighted by Crippen LogP contribution is 2.39. The van der Waals surface area contributed by atoms with Crippen LogP contribution in [0.4, 0.5) is 0 Å². The van der Waals surface area contributed by atoms with Crippen molar-refractivity contribution in [1.82, 2.24) is 24.9 Å². The van der Waals surface area contributed by atoms with Gasteiger partial charge in [0.05, 0.1) is 11.1 Å². The molecule has 2 aliphatic carbocycles. The molecule has 9 rings (SSSR count). The van der Waals surface area contributed by atoms with Crippen LogP contribution in [0.1, 0.15) is 171 Å². The molecule has 7 aliphatic rings. The van der Waals surface area contributed by atoms with E-state index >= 15 is 0 Å². The van der Waals surface area contributed by atoms with Gasteiger partial charge in [-0.3, -0.25) is 14.4 Å². The number of piperidine rings is 5. The van der Waals surface area contributed by atoms with Gasteiger partial charge in [0, 0.05) is 71.7 Å². The maximum absolute atomic E-state index is 13.4. The summed E-state index contributed by atoms with van der Waals surface area (Å²) in [6, 6.07) is 5.38. The zero-order valence-electron chi connectivity index (χ0n) is 34.1. The van der Waals surface area contributed by atoms with Gasteiger partial charge in [-0.05, 0) is 152 Å². The van der Waals surface area contributed by atoms with Crippen LogP contribution in [0.2, 0.25) is 0 Å². The molecule has 10 heteroatoms.